The van der Waals surface area contributed by atoms with Gasteiger partial charge in [0.15, 0.2) is 0 Å². The van der Waals surface area contributed by atoms with Gasteiger partial charge in [-0.25, -0.2) is 0 Å². The molecule has 2 unspecified atom stereocenters. The fourth-order valence-electron chi connectivity index (χ4n) is 2.38. The molecule has 1 aliphatic heterocycles. The van der Waals surface area contributed by atoms with Crippen LogP contribution in [-0.2, 0) is 6.42 Å². The van der Waals surface area contributed by atoms with E-state index in [1.807, 2.05) is 12.1 Å². The molecule has 0 fully saturated rings. The van der Waals surface area contributed by atoms with Gasteiger partial charge in [-0.05, 0) is 23.5 Å². The average molecular weight is 219 g/mol. The average Bonchev–Trinajstić information content (AvgIpc) is 2.28. The van der Waals surface area contributed by atoms with Crippen LogP contribution in [0.15, 0.2) is 24.3 Å². The number of aliphatic hydroxyl groups excluding tert-OH is 1. The minimum Gasteiger partial charge on any atom is -0.391 e. The van der Waals surface area contributed by atoms with Crippen molar-refractivity contribution < 1.29 is 5.11 Å². The fourth-order valence-corrected chi connectivity index (χ4v) is 2.38. The van der Waals surface area contributed by atoms with E-state index in [-0.39, 0.29) is 17.6 Å². The third-order valence-corrected chi connectivity index (χ3v) is 3.90. The van der Waals surface area contributed by atoms with Crippen LogP contribution in [0.1, 0.15) is 32.8 Å². The van der Waals surface area contributed by atoms with E-state index in [0.717, 1.165) is 12.8 Å². The normalized spacial score (nSPS) is 24.8. The number of aliphatic hydroxyl groups is 1. The van der Waals surface area contributed by atoms with Gasteiger partial charge in [-0.3, -0.25) is 0 Å². The Balaban J connectivity index is 2.28. The molecule has 1 aliphatic rings. The molecule has 2 rings (SSSR count). The maximum Gasteiger partial charge on any atom is 0.0787 e. The molecule has 0 saturated carbocycles. The molecular weight excluding hydrogens is 198 g/mol. The second-order valence-corrected chi connectivity index (χ2v) is 5.39. The third-order valence-electron chi connectivity index (χ3n) is 3.90. The zero-order chi connectivity index (χ0) is 11.8. The molecule has 1 heterocycles. The van der Waals surface area contributed by atoms with Crippen LogP contribution in [0.25, 0.3) is 0 Å². The Hall–Kier alpha value is -1.02. The molecule has 1 aromatic carbocycles. The third kappa shape index (κ3) is 1.94. The molecule has 0 aliphatic carbocycles. The Morgan fingerprint density at radius 3 is 2.75 bits per heavy atom. The zero-order valence-electron chi connectivity index (χ0n) is 10.3. The Kier molecular flexibility index (Phi) is 2.94. The summed E-state index contributed by atoms with van der Waals surface area (Å²) in [6.07, 6.45) is 1.53. The van der Waals surface area contributed by atoms with Crippen molar-refractivity contribution in [1.82, 2.24) is 0 Å². The van der Waals surface area contributed by atoms with Crippen molar-refractivity contribution in [2.45, 2.75) is 45.8 Å². The lowest BCUT2D eigenvalue weighted by Crippen LogP contribution is -2.48. The largest absolute Gasteiger partial charge is 0.391 e. The molecule has 0 bridgehead atoms. The highest BCUT2D eigenvalue weighted by atomic mass is 16.3. The van der Waals surface area contributed by atoms with E-state index >= 15 is 0 Å². The van der Waals surface area contributed by atoms with Crippen molar-refractivity contribution in [2.75, 3.05) is 5.32 Å². The summed E-state index contributed by atoms with van der Waals surface area (Å²) in [7, 11) is 0. The van der Waals surface area contributed by atoms with Gasteiger partial charge in [0.2, 0.25) is 0 Å². The SMILES string of the molecule is CCC(C)(C)C1Nc2ccccc2CC1O. The van der Waals surface area contributed by atoms with Crippen LogP contribution in [0.4, 0.5) is 5.69 Å². The highest BCUT2D eigenvalue weighted by Gasteiger charge is 2.36. The Bertz CT molecular complexity index is 373. The van der Waals surface area contributed by atoms with Crippen LogP contribution in [0.2, 0.25) is 0 Å². The lowest BCUT2D eigenvalue weighted by atomic mass is 9.76. The van der Waals surface area contributed by atoms with E-state index in [9.17, 15) is 5.11 Å². The minimum atomic E-state index is -0.287. The first kappa shape index (κ1) is 11.5. The second-order valence-electron chi connectivity index (χ2n) is 5.39. The van der Waals surface area contributed by atoms with Gasteiger partial charge in [-0.1, -0.05) is 39.0 Å². The monoisotopic (exact) mass is 219 g/mol. The van der Waals surface area contributed by atoms with Gasteiger partial charge < -0.3 is 10.4 Å². The Morgan fingerprint density at radius 1 is 1.38 bits per heavy atom. The second kappa shape index (κ2) is 4.10. The summed E-state index contributed by atoms with van der Waals surface area (Å²) in [5, 5.41) is 13.7. The summed E-state index contributed by atoms with van der Waals surface area (Å²) in [5.41, 5.74) is 2.52. The molecule has 0 amide bonds. The van der Waals surface area contributed by atoms with Crippen molar-refractivity contribution in [3.8, 4) is 0 Å². The number of para-hydroxylation sites is 1. The van der Waals surface area contributed by atoms with E-state index in [0.29, 0.717) is 0 Å². The summed E-state index contributed by atoms with van der Waals surface area (Å²) < 4.78 is 0. The van der Waals surface area contributed by atoms with E-state index in [4.69, 9.17) is 0 Å². The van der Waals surface area contributed by atoms with E-state index in [1.165, 1.54) is 11.3 Å². The Labute approximate surface area is 97.7 Å². The number of fused-ring (bicyclic) bond motifs is 1. The zero-order valence-corrected chi connectivity index (χ0v) is 10.3. The van der Waals surface area contributed by atoms with Crippen LogP contribution >= 0.6 is 0 Å². The lowest BCUT2D eigenvalue weighted by molar-refractivity contribution is 0.0888. The van der Waals surface area contributed by atoms with E-state index < -0.39 is 0 Å². The number of rotatable bonds is 2. The predicted octanol–water partition coefficient (Wildman–Crippen LogP) is 2.82. The maximum absolute atomic E-state index is 10.2. The Morgan fingerprint density at radius 2 is 2.06 bits per heavy atom. The standard InChI is InChI=1S/C14H21NO/c1-4-14(2,3)13-12(16)9-10-7-5-6-8-11(10)15-13/h5-8,12-13,15-16H,4,9H2,1-3H3. The molecule has 2 heteroatoms. The van der Waals surface area contributed by atoms with Crippen LogP contribution in [0.3, 0.4) is 0 Å². The molecule has 0 saturated heterocycles. The van der Waals surface area contributed by atoms with Gasteiger partial charge in [-0.15, -0.1) is 0 Å². The molecule has 0 radical (unpaired) electrons. The summed E-state index contributed by atoms with van der Waals surface area (Å²) in [5.74, 6) is 0. The first-order valence-electron chi connectivity index (χ1n) is 6.07. The molecule has 2 nitrogen and oxygen atoms in total. The van der Waals surface area contributed by atoms with Crippen molar-refractivity contribution in [3.05, 3.63) is 29.8 Å². The number of hydrogen-bond acceptors (Lipinski definition) is 2. The maximum atomic E-state index is 10.2. The minimum absolute atomic E-state index is 0.118. The molecule has 0 aromatic heterocycles. The van der Waals surface area contributed by atoms with E-state index in [1.54, 1.807) is 0 Å². The molecule has 1 aromatic rings. The molecule has 88 valence electrons. The van der Waals surface area contributed by atoms with Gasteiger partial charge in [0.1, 0.15) is 0 Å². The highest BCUT2D eigenvalue weighted by molar-refractivity contribution is 5.54. The van der Waals surface area contributed by atoms with Crippen LogP contribution in [0, 0.1) is 5.41 Å². The molecule has 2 atom stereocenters. The lowest BCUT2D eigenvalue weighted by Gasteiger charge is -2.41. The van der Waals surface area contributed by atoms with Gasteiger partial charge in [0.05, 0.1) is 12.1 Å². The molecule has 0 spiro atoms. The first-order chi connectivity index (χ1) is 7.54. The van der Waals surface area contributed by atoms with Crippen LogP contribution in [-0.4, -0.2) is 17.3 Å². The van der Waals surface area contributed by atoms with Gasteiger partial charge in [0.25, 0.3) is 0 Å². The molecule has 16 heavy (non-hydrogen) atoms. The quantitative estimate of drug-likeness (QED) is 0.801. The van der Waals surface area contributed by atoms with Crippen molar-refractivity contribution in [2.24, 2.45) is 5.41 Å². The van der Waals surface area contributed by atoms with Crippen molar-refractivity contribution >= 4 is 5.69 Å². The summed E-state index contributed by atoms with van der Waals surface area (Å²) in [4.78, 5) is 0. The smallest absolute Gasteiger partial charge is 0.0787 e. The molecular formula is C14H21NO. The van der Waals surface area contributed by atoms with E-state index in [2.05, 4.69) is 38.2 Å². The van der Waals surface area contributed by atoms with Crippen LogP contribution in [0.5, 0.6) is 0 Å². The van der Waals surface area contributed by atoms with Gasteiger partial charge in [0, 0.05) is 12.1 Å². The van der Waals surface area contributed by atoms with Crippen molar-refractivity contribution in [3.63, 3.8) is 0 Å². The summed E-state index contributed by atoms with van der Waals surface area (Å²) in [6.45, 7) is 6.60. The van der Waals surface area contributed by atoms with Gasteiger partial charge in [-0.2, -0.15) is 0 Å². The summed E-state index contributed by atoms with van der Waals surface area (Å²) >= 11 is 0. The number of benzene rings is 1. The highest BCUT2D eigenvalue weighted by Crippen LogP contribution is 2.35. The predicted molar refractivity (Wildman–Crippen MR) is 67.6 cm³/mol. The number of anilines is 1. The number of hydrogen-bond donors (Lipinski definition) is 2. The number of nitrogens with one attached hydrogen (secondary N) is 1. The first-order valence-corrected chi connectivity index (χ1v) is 6.07. The van der Waals surface area contributed by atoms with Crippen LogP contribution < -0.4 is 5.32 Å². The summed E-state index contributed by atoms with van der Waals surface area (Å²) in [6, 6.07) is 8.39. The van der Waals surface area contributed by atoms with Crippen molar-refractivity contribution in [1.29, 1.82) is 0 Å². The fraction of sp³-hybridized carbons (Fsp3) is 0.571. The molecule has 2 N–H and O–H groups in total. The van der Waals surface area contributed by atoms with Gasteiger partial charge >= 0.3 is 0 Å². The topological polar surface area (TPSA) is 32.3 Å².